The van der Waals surface area contributed by atoms with E-state index in [9.17, 15) is 13.2 Å². The fourth-order valence-electron chi connectivity index (χ4n) is 1.57. The largest absolute Gasteiger partial charge is 0.395 e. The van der Waals surface area contributed by atoms with Crippen LogP contribution < -0.4 is 4.57 Å². The molecule has 0 aliphatic carbocycles. The molecule has 0 unspecified atom stereocenters. The minimum Gasteiger partial charge on any atom is -0.256 e. The average Bonchev–Trinajstić information content (AvgIpc) is 2.37. The van der Waals surface area contributed by atoms with Crippen molar-refractivity contribution in [3.05, 3.63) is 48.9 Å². The van der Waals surface area contributed by atoms with Gasteiger partial charge in [0, 0.05) is 23.9 Å². The van der Waals surface area contributed by atoms with Crippen LogP contribution in [0.25, 0.3) is 11.3 Å². The molecule has 0 spiro atoms. The Morgan fingerprint density at radius 1 is 1.06 bits per heavy atom. The number of hydrogen-bond donors (Lipinski definition) is 0. The fraction of sp³-hybridized carbons (Fsp3) is 0.231. The molecule has 0 bridgehead atoms. The fourth-order valence-corrected chi connectivity index (χ4v) is 1.57. The van der Waals surface area contributed by atoms with E-state index < -0.39 is 12.6 Å². The molecule has 0 fully saturated rings. The highest BCUT2D eigenvalue weighted by molar-refractivity contribution is 5.56. The van der Waals surface area contributed by atoms with E-state index in [0.29, 0.717) is 0 Å². The first-order valence-corrected chi connectivity index (χ1v) is 5.52. The molecule has 2 rings (SSSR count). The van der Waals surface area contributed by atoms with Gasteiger partial charge in [-0.3, -0.25) is 4.98 Å². The van der Waals surface area contributed by atoms with Gasteiger partial charge in [-0.05, 0) is 12.1 Å². The number of aromatic nitrogens is 2. The van der Waals surface area contributed by atoms with Crippen LogP contribution >= 0.6 is 0 Å². The van der Waals surface area contributed by atoms with Gasteiger partial charge in [-0.25, -0.2) is 4.57 Å². The molecule has 0 aromatic carbocycles. The number of hydrogen-bond acceptors (Lipinski definition) is 1. The highest BCUT2D eigenvalue weighted by atomic mass is 19.4. The minimum absolute atomic E-state index is 0.0635. The molecule has 2 heterocycles. The predicted molar refractivity (Wildman–Crippen MR) is 60.5 cm³/mol. The van der Waals surface area contributed by atoms with Gasteiger partial charge >= 0.3 is 6.18 Å². The monoisotopic (exact) mass is 253 g/mol. The summed E-state index contributed by atoms with van der Waals surface area (Å²) in [6.07, 6.45) is 0.0127. The first-order valence-electron chi connectivity index (χ1n) is 5.52. The molecule has 2 nitrogen and oxygen atoms in total. The molecule has 0 amide bonds. The van der Waals surface area contributed by atoms with E-state index >= 15 is 0 Å². The van der Waals surface area contributed by atoms with Gasteiger partial charge in [0.2, 0.25) is 0 Å². The molecule has 94 valence electrons. The highest BCUT2D eigenvalue weighted by Gasteiger charge is 2.28. The van der Waals surface area contributed by atoms with Crippen molar-refractivity contribution >= 4 is 0 Å². The Balaban J connectivity index is 2.07. The van der Waals surface area contributed by atoms with Crippen molar-refractivity contribution < 1.29 is 17.7 Å². The summed E-state index contributed by atoms with van der Waals surface area (Å²) in [7, 11) is 0. The first kappa shape index (κ1) is 12.5. The lowest BCUT2D eigenvalue weighted by molar-refractivity contribution is -0.700. The van der Waals surface area contributed by atoms with E-state index in [1.54, 1.807) is 30.7 Å². The normalized spacial score (nSPS) is 11.5. The Labute approximate surface area is 103 Å². The van der Waals surface area contributed by atoms with Gasteiger partial charge in [0.15, 0.2) is 18.9 Å². The topological polar surface area (TPSA) is 16.8 Å². The second kappa shape index (κ2) is 5.16. The van der Waals surface area contributed by atoms with E-state index in [1.165, 1.54) is 4.57 Å². The zero-order chi connectivity index (χ0) is 13.0. The Hall–Kier alpha value is -1.91. The van der Waals surface area contributed by atoms with E-state index in [2.05, 4.69) is 4.98 Å². The molecule has 5 heteroatoms. The summed E-state index contributed by atoms with van der Waals surface area (Å²) >= 11 is 0. The maximum Gasteiger partial charge on any atom is 0.395 e. The smallest absolute Gasteiger partial charge is 0.256 e. The van der Waals surface area contributed by atoms with E-state index in [-0.39, 0.29) is 6.54 Å². The van der Waals surface area contributed by atoms with Crippen molar-refractivity contribution in [2.75, 3.05) is 0 Å². The third-order valence-electron chi connectivity index (χ3n) is 2.51. The summed E-state index contributed by atoms with van der Waals surface area (Å²) < 4.78 is 37.7. The Bertz CT molecular complexity index is 492. The Morgan fingerprint density at radius 2 is 1.78 bits per heavy atom. The SMILES string of the molecule is FC(F)(F)CC[n+]1ccc(-c2ccccn2)cc1. The number of pyridine rings is 2. The van der Waals surface area contributed by atoms with E-state index in [4.69, 9.17) is 0 Å². The van der Waals surface area contributed by atoms with Gasteiger partial charge < -0.3 is 0 Å². The third kappa shape index (κ3) is 3.55. The second-order valence-electron chi connectivity index (χ2n) is 3.90. The van der Waals surface area contributed by atoms with Crippen molar-refractivity contribution in [3.63, 3.8) is 0 Å². The van der Waals surface area contributed by atoms with Crippen LogP contribution in [0.2, 0.25) is 0 Å². The summed E-state index contributed by atoms with van der Waals surface area (Å²) in [6, 6.07) is 9.07. The molecule has 0 saturated heterocycles. The molecule has 0 radical (unpaired) electrons. The zero-order valence-electron chi connectivity index (χ0n) is 9.56. The van der Waals surface area contributed by atoms with Crippen LogP contribution in [0.15, 0.2) is 48.9 Å². The van der Waals surface area contributed by atoms with Crippen molar-refractivity contribution in [2.24, 2.45) is 0 Å². The molecule has 0 aliphatic rings. The van der Waals surface area contributed by atoms with Gasteiger partial charge in [-0.15, -0.1) is 0 Å². The molecule has 0 atom stereocenters. The van der Waals surface area contributed by atoms with Crippen LogP contribution in [0.4, 0.5) is 13.2 Å². The standard InChI is InChI=1S/C13H12F3N2/c14-13(15,16)6-10-18-8-4-11(5-9-18)12-3-1-2-7-17-12/h1-5,7-9H,6,10H2/q+1. The molecule has 0 N–H and O–H groups in total. The summed E-state index contributed by atoms with van der Waals surface area (Å²) in [5.41, 5.74) is 1.69. The quantitative estimate of drug-likeness (QED) is 0.768. The van der Waals surface area contributed by atoms with Crippen molar-refractivity contribution in [1.82, 2.24) is 4.98 Å². The molecule has 0 aliphatic heterocycles. The number of rotatable bonds is 3. The van der Waals surface area contributed by atoms with Gasteiger partial charge in [0.25, 0.3) is 0 Å². The Morgan fingerprint density at radius 3 is 2.33 bits per heavy atom. The van der Waals surface area contributed by atoms with Crippen molar-refractivity contribution in [2.45, 2.75) is 19.1 Å². The summed E-state index contributed by atoms with van der Waals surface area (Å²) in [4.78, 5) is 4.17. The maximum absolute atomic E-state index is 12.1. The molecular formula is C13H12F3N2+. The third-order valence-corrected chi connectivity index (χ3v) is 2.51. The number of halogens is 3. The van der Waals surface area contributed by atoms with Gasteiger partial charge in [0.05, 0.1) is 5.69 Å². The lowest BCUT2D eigenvalue weighted by atomic mass is 10.2. The number of alkyl halides is 3. The second-order valence-corrected chi connectivity index (χ2v) is 3.90. The molecular weight excluding hydrogens is 241 g/mol. The lowest BCUT2D eigenvalue weighted by Crippen LogP contribution is -2.35. The summed E-state index contributed by atoms with van der Waals surface area (Å²) in [5.74, 6) is 0. The molecule has 0 saturated carbocycles. The van der Waals surface area contributed by atoms with Crippen molar-refractivity contribution in [1.29, 1.82) is 0 Å². The van der Waals surface area contributed by atoms with Gasteiger partial charge in [-0.2, -0.15) is 13.2 Å². The van der Waals surface area contributed by atoms with E-state index in [1.807, 2.05) is 18.2 Å². The van der Waals surface area contributed by atoms with Crippen LogP contribution in [-0.2, 0) is 6.54 Å². The van der Waals surface area contributed by atoms with E-state index in [0.717, 1.165) is 11.3 Å². The number of nitrogens with zero attached hydrogens (tertiary/aromatic N) is 2. The first-order chi connectivity index (χ1) is 8.54. The van der Waals surface area contributed by atoms with Gasteiger partial charge in [-0.1, -0.05) is 6.07 Å². The lowest BCUT2D eigenvalue weighted by Gasteiger charge is -2.03. The maximum atomic E-state index is 12.1. The van der Waals surface area contributed by atoms with Crippen molar-refractivity contribution in [3.8, 4) is 11.3 Å². The summed E-state index contributed by atoms with van der Waals surface area (Å²) in [5, 5.41) is 0. The predicted octanol–water partition coefficient (Wildman–Crippen LogP) is 2.99. The van der Waals surface area contributed by atoms with Crippen LogP contribution in [0.3, 0.4) is 0 Å². The molecule has 2 aromatic heterocycles. The molecule has 2 aromatic rings. The Kier molecular flexibility index (Phi) is 3.60. The number of aryl methyl sites for hydroxylation is 1. The van der Waals surface area contributed by atoms with Crippen LogP contribution in [0, 0.1) is 0 Å². The highest BCUT2D eigenvalue weighted by Crippen LogP contribution is 2.19. The zero-order valence-corrected chi connectivity index (χ0v) is 9.56. The average molecular weight is 253 g/mol. The van der Waals surface area contributed by atoms with Gasteiger partial charge in [0.1, 0.15) is 6.42 Å². The van der Waals surface area contributed by atoms with Crippen LogP contribution in [0.5, 0.6) is 0 Å². The van der Waals surface area contributed by atoms with Crippen LogP contribution in [0.1, 0.15) is 6.42 Å². The van der Waals surface area contributed by atoms with Crippen LogP contribution in [-0.4, -0.2) is 11.2 Å². The minimum atomic E-state index is -4.12. The molecule has 18 heavy (non-hydrogen) atoms. The summed E-state index contributed by atoms with van der Waals surface area (Å²) in [6.45, 7) is -0.0635.